The van der Waals surface area contributed by atoms with E-state index in [4.69, 9.17) is 28.8 Å². The van der Waals surface area contributed by atoms with E-state index in [9.17, 15) is 9.59 Å². The highest BCUT2D eigenvalue weighted by Crippen LogP contribution is 2.41. The number of piperidine rings is 1. The van der Waals surface area contributed by atoms with Crippen molar-refractivity contribution >= 4 is 22.8 Å². The van der Waals surface area contributed by atoms with E-state index in [1.807, 2.05) is 6.92 Å². The monoisotopic (exact) mass is 568 g/mol. The zero-order valence-corrected chi connectivity index (χ0v) is 23.8. The molecule has 2 fully saturated rings. The minimum absolute atomic E-state index is 0.148. The molecule has 1 unspecified atom stereocenters. The van der Waals surface area contributed by atoms with Crippen molar-refractivity contribution in [2.45, 2.75) is 51.9 Å². The molecule has 41 heavy (non-hydrogen) atoms. The molecule has 0 bridgehead atoms. The number of carbonyl (C=O) groups is 1. The standard InChI is InChI=1S/C28H36N6O7/c1-17-31-23-20(13-21(37-2)24(38-3)25(23)39-4)27(36)34(17)16-18-8-10-33(11-9-18)28-29-14-19(15-30-28)26(35)32-41-22-7-5-6-12-40-22/h13-15,18,22H,5-12,16H2,1-4H3,(H,32,35). The van der Waals surface area contributed by atoms with E-state index in [-0.39, 0.29) is 11.5 Å². The second-order valence-corrected chi connectivity index (χ2v) is 10.2. The molecule has 1 amide bonds. The molecule has 2 aliphatic rings. The maximum absolute atomic E-state index is 13.6. The summed E-state index contributed by atoms with van der Waals surface area (Å²) in [6, 6.07) is 1.65. The molecule has 13 heteroatoms. The molecule has 0 radical (unpaired) electrons. The number of ether oxygens (including phenoxy) is 4. The molecule has 2 aromatic heterocycles. The first kappa shape index (κ1) is 28.6. The molecular formula is C28H36N6O7. The maximum atomic E-state index is 13.6. The van der Waals surface area contributed by atoms with Crippen LogP contribution in [0.4, 0.5) is 5.95 Å². The van der Waals surface area contributed by atoms with Crippen LogP contribution in [-0.4, -0.2) is 72.7 Å². The quantitative estimate of drug-likeness (QED) is 0.381. The van der Waals surface area contributed by atoms with Crippen molar-refractivity contribution in [2.75, 3.05) is 45.9 Å². The zero-order chi connectivity index (χ0) is 28.9. The fourth-order valence-electron chi connectivity index (χ4n) is 5.30. The Kier molecular flexibility index (Phi) is 8.84. The van der Waals surface area contributed by atoms with Crippen molar-refractivity contribution in [1.29, 1.82) is 0 Å². The Balaban J connectivity index is 1.22. The number of rotatable bonds is 9. The SMILES string of the molecule is COc1cc2c(=O)n(CC3CCN(c4ncc(C(=O)NOC5CCCCO5)cn4)CC3)c(C)nc2c(OC)c1OC. The Labute approximate surface area is 237 Å². The minimum Gasteiger partial charge on any atom is -0.493 e. The molecule has 2 saturated heterocycles. The number of amides is 1. The average molecular weight is 569 g/mol. The second kappa shape index (κ2) is 12.7. The largest absolute Gasteiger partial charge is 0.493 e. The Morgan fingerprint density at radius 2 is 1.78 bits per heavy atom. The van der Waals surface area contributed by atoms with Gasteiger partial charge in [0.05, 0.1) is 32.3 Å². The summed E-state index contributed by atoms with van der Waals surface area (Å²) >= 11 is 0. The van der Waals surface area contributed by atoms with Crippen LogP contribution in [-0.2, 0) is 16.1 Å². The number of hydrogen-bond acceptors (Lipinski definition) is 11. The third-order valence-electron chi connectivity index (χ3n) is 7.60. The maximum Gasteiger partial charge on any atom is 0.278 e. The molecule has 4 heterocycles. The molecule has 0 aliphatic carbocycles. The van der Waals surface area contributed by atoms with E-state index < -0.39 is 12.2 Å². The number of aromatic nitrogens is 4. The predicted molar refractivity (Wildman–Crippen MR) is 150 cm³/mol. The van der Waals surface area contributed by atoms with Gasteiger partial charge in [-0.15, -0.1) is 0 Å². The number of hydroxylamine groups is 1. The number of nitrogens with one attached hydrogen (secondary N) is 1. The Hall–Kier alpha value is -3.97. The lowest BCUT2D eigenvalue weighted by Crippen LogP contribution is -2.38. The van der Waals surface area contributed by atoms with E-state index >= 15 is 0 Å². The molecule has 5 rings (SSSR count). The van der Waals surface area contributed by atoms with Crippen molar-refractivity contribution in [3.05, 3.63) is 40.2 Å². The first-order valence-corrected chi connectivity index (χ1v) is 13.8. The Morgan fingerprint density at radius 3 is 2.41 bits per heavy atom. The van der Waals surface area contributed by atoms with Gasteiger partial charge in [0.15, 0.2) is 17.8 Å². The van der Waals surface area contributed by atoms with E-state index in [0.717, 1.165) is 45.2 Å². The summed E-state index contributed by atoms with van der Waals surface area (Å²) in [5.41, 5.74) is 3.03. The van der Waals surface area contributed by atoms with E-state index in [1.165, 1.54) is 33.7 Å². The number of hydrogen-bond donors (Lipinski definition) is 1. The molecule has 1 aromatic carbocycles. The van der Waals surface area contributed by atoms with Crippen molar-refractivity contribution in [2.24, 2.45) is 5.92 Å². The summed E-state index contributed by atoms with van der Waals surface area (Å²) in [4.78, 5) is 46.9. The molecular weight excluding hydrogens is 532 g/mol. The summed E-state index contributed by atoms with van der Waals surface area (Å²) in [6.45, 7) is 4.45. The van der Waals surface area contributed by atoms with Gasteiger partial charge in [-0.05, 0) is 44.6 Å². The number of fused-ring (bicyclic) bond motifs is 1. The zero-order valence-electron chi connectivity index (χ0n) is 23.8. The van der Waals surface area contributed by atoms with Gasteiger partial charge in [0.25, 0.3) is 11.5 Å². The number of aryl methyl sites for hydroxylation is 1. The van der Waals surface area contributed by atoms with Crippen LogP contribution < -0.4 is 30.1 Å². The van der Waals surface area contributed by atoms with Crippen LogP contribution in [0.1, 0.15) is 48.3 Å². The van der Waals surface area contributed by atoms with Gasteiger partial charge >= 0.3 is 0 Å². The molecule has 1 N–H and O–H groups in total. The number of anilines is 1. The van der Waals surface area contributed by atoms with Crippen LogP contribution in [0.2, 0.25) is 0 Å². The first-order valence-electron chi connectivity index (χ1n) is 13.8. The highest BCUT2D eigenvalue weighted by Gasteiger charge is 2.25. The average Bonchev–Trinajstić information content (AvgIpc) is 3.02. The lowest BCUT2D eigenvalue weighted by Gasteiger charge is -2.32. The van der Waals surface area contributed by atoms with Gasteiger partial charge in [-0.1, -0.05) is 0 Å². The van der Waals surface area contributed by atoms with Gasteiger partial charge in [-0.2, -0.15) is 0 Å². The normalized spacial score (nSPS) is 17.9. The van der Waals surface area contributed by atoms with Crippen molar-refractivity contribution in [1.82, 2.24) is 25.0 Å². The fraction of sp³-hybridized carbons (Fsp3) is 0.536. The van der Waals surface area contributed by atoms with Gasteiger partial charge in [-0.25, -0.2) is 25.3 Å². The molecule has 13 nitrogen and oxygen atoms in total. The highest BCUT2D eigenvalue weighted by molar-refractivity contribution is 5.93. The van der Waals surface area contributed by atoms with Crippen molar-refractivity contribution in [3.8, 4) is 17.2 Å². The molecule has 0 spiro atoms. The molecule has 220 valence electrons. The van der Waals surface area contributed by atoms with Crippen LogP contribution in [0.5, 0.6) is 17.2 Å². The summed E-state index contributed by atoms with van der Waals surface area (Å²) < 4.78 is 23.6. The van der Waals surface area contributed by atoms with Gasteiger partial charge in [0, 0.05) is 45.1 Å². The van der Waals surface area contributed by atoms with Crippen LogP contribution >= 0.6 is 0 Å². The van der Waals surface area contributed by atoms with Gasteiger partial charge in [0.2, 0.25) is 11.7 Å². The van der Waals surface area contributed by atoms with Crippen LogP contribution in [0.3, 0.4) is 0 Å². The first-order chi connectivity index (χ1) is 19.9. The second-order valence-electron chi connectivity index (χ2n) is 10.2. The summed E-state index contributed by atoms with van der Waals surface area (Å²) in [6.07, 6.45) is 7.01. The summed E-state index contributed by atoms with van der Waals surface area (Å²) in [5.74, 6) is 2.20. The van der Waals surface area contributed by atoms with Crippen molar-refractivity contribution < 1.29 is 28.6 Å². The third-order valence-corrected chi connectivity index (χ3v) is 7.60. The highest BCUT2D eigenvalue weighted by atomic mass is 16.8. The van der Waals surface area contributed by atoms with E-state index in [0.29, 0.717) is 58.6 Å². The summed E-state index contributed by atoms with van der Waals surface area (Å²) in [5, 5.41) is 0.414. The minimum atomic E-state index is -0.423. The molecule has 2 aliphatic heterocycles. The van der Waals surface area contributed by atoms with E-state index in [1.54, 1.807) is 10.6 Å². The molecule has 3 aromatic rings. The summed E-state index contributed by atoms with van der Waals surface area (Å²) in [7, 11) is 4.55. The lowest BCUT2D eigenvalue weighted by molar-refractivity contribution is -0.186. The lowest BCUT2D eigenvalue weighted by atomic mass is 9.96. The Bertz CT molecular complexity index is 1430. The van der Waals surface area contributed by atoms with Crippen LogP contribution in [0, 0.1) is 12.8 Å². The predicted octanol–water partition coefficient (Wildman–Crippen LogP) is 2.63. The van der Waals surface area contributed by atoms with Crippen LogP contribution in [0.25, 0.3) is 10.9 Å². The third kappa shape index (κ3) is 6.05. The molecule has 0 saturated carbocycles. The Morgan fingerprint density at radius 1 is 1.05 bits per heavy atom. The fourth-order valence-corrected chi connectivity index (χ4v) is 5.30. The van der Waals surface area contributed by atoms with Gasteiger partial charge in [-0.3, -0.25) is 14.2 Å². The van der Waals surface area contributed by atoms with Gasteiger partial charge < -0.3 is 23.8 Å². The number of carbonyl (C=O) groups excluding carboxylic acids is 1. The number of nitrogens with zero attached hydrogens (tertiary/aromatic N) is 5. The van der Waals surface area contributed by atoms with Crippen molar-refractivity contribution in [3.63, 3.8) is 0 Å². The van der Waals surface area contributed by atoms with E-state index in [2.05, 4.69) is 20.3 Å². The smallest absolute Gasteiger partial charge is 0.278 e. The molecule has 1 atom stereocenters. The topological polar surface area (TPSA) is 139 Å². The van der Waals surface area contributed by atoms with Gasteiger partial charge in [0.1, 0.15) is 11.3 Å². The van der Waals surface area contributed by atoms with Crippen LogP contribution in [0.15, 0.2) is 23.3 Å². The number of benzene rings is 1. The number of methoxy groups -OCH3 is 3.